The van der Waals surface area contributed by atoms with Crippen molar-refractivity contribution >= 4 is 23.7 Å². The molecule has 2 N–H and O–H groups in total. The minimum atomic E-state index is -0.702. The van der Waals surface area contributed by atoms with E-state index in [1.807, 2.05) is 6.92 Å². The molecule has 5 nitrogen and oxygen atoms in total. The predicted octanol–water partition coefficient (Wildman–Crippen LogP) is 3.27. The van der Waals surface area contributed by atoms with Gasteiger partial charge in [-0.05, 0) is 67.4 Å². The van der Waals surface area contributed by atoms with Crippen LogP contribution < -0.4 is 10.2 Å². The van der Waals surface area contributed by atoms with Crippen LogP contribution in [0.4, 0.5) is 0 Å². The van der Waals surface area contributed by atoms with Crippen LogP contribution in [0.25, 0.3) is 0 Å². The van der Waals surface area contributed by atoms with Crippen LogP contribution in [0.1, 0.15) is 18.1 Å². The van der Waals surface area contributed by atoms with Gasteiger partial charge >= 0.3 is 0 Å². The number of hydrogen-bond donors (Lipinski definition) is 2. The van der Waals surface area contributed by atoms with Crippen molar-refractivity contribution in [3.63, 3.8) is 0 Å². The van der Waals surface area contributed by atoms with E-state index in [0.29, 0.717) is 10.8 Å². The molecule has 0 aliphatic heterocycles. The van der Waals surface area contributed by atoms with Gasteiger partial charge in [0.25, 0.3) is 5.91 Å². The number of benzene rings is 2. The molecular weight excluding hydrogens is 316 g/mol. The predicted molar refractivity (Wildman–Crippen MR) is 90.1 cm³/mol. The summed E-state index contributed by atoms with van der Waals surface area (Å²) in [7, 11) is 0. The Morgan fingerprint density at radius 3 is 2.65 bits per heavy atom. The van der Waals surface area contributed by atoms with Gasteiger partial charge in [0, 0.05) is 5.02 Å². The molecule has 2 aromatic rings. The Kier molecular flexibility index (Phi) is 5.60. The van der Waals surface area contributed by atoms with Gasteiger partial charge < -0.3 is 9.84 Å². The highest BCUT2D eigenvalue weighted by molar-refractivity contribution is 6.30. The Balaban J connectivity index is 1.90. The van der Waals surface area contributed by atoms with Crippen molar-refractivity contribution in [2.45, 2.75) is 20.0 Å². The summed E-state index contributed by atoms with van der Waals surface area (Å²) in [6.45, 7) is 3.49. The lowest BCUT2D eigenvalue weighted by Crippen LogP contribution is -2.33. The van der Waals surface area contributed by atoms with E-state index in [0.717, 1.165) is 11.1 Å². The number of amides is 1. The lowest BCUT2D eigenvalue weighted by atomic mass is 10.2. The molecular formula is C17H17ClN2O3. The quantitative estimate of drug-likeness (QED) is 0.652. The van der Waals surface area contributed by atoms with Gasteiger partial charge in [0.1, 0.15) is 11.5 Å². The number of phenolic OH excluding ortho intramolecular Hbond substituents is 1. The average Bonchev–Trinajstić information content (AvgIpc) is 2.51. The molecule has 2 aromatic carbocycles. The van der Waals surface area contributed by atoms with E-state index in [1.54, 1.807) is 37.3 Å². The van der Waals surface area contributed by atoms with Crippen LogP contribution in [0.3, 0.4) is 0 Å². The maximum absolute atomic E-state index is 12.0. The highest BCUT2D eigenvalue weighted by Crippen LogP contribution is 2.22. The number of halogens is 1. The molecule has 6 heteroatoms. The van der Waals surface area contributed by atoms with Gasteiger partial charge in [-0.1, -0.05) is 11.6 Å². The molecule has 1 amide bonds. The lowest BCUT2D eigenvalue weighted by molar-refractivity contribution is -0.127. The molecule has 0 spiro atoms. The Bertz CT molecular complexity index is 714. The van der Waals surface area contributed by atoms with Gasteiger partial charge in [0.05, 0.1) is 6.21 Å². The van der Waals surface area contributed by atoms with Crippen LogP contribution in [0.5, 0.6) is 11.5 Å². The fourth-order valence-electron chi connectivity index (χ4n) is 1.81. The van der Waals surface area contributed by atoms with E-state index in [2.05, 4.69) is 10.5 Å². The van der Waals surface area contributed by atoms with Crippen molar-refractivity contribution in [3.8, 4) is 11.5 Å². The van der Waals surface area contributed by atoms with Crippen LogP contribution in [0.15, 0.2) is 47.6 Å². The van der Waals surface area contributed by atoms with Gasteiger partial charge in [-0.2, -0.15) is 5.10 Å². The summed E-state index contributed by atoms with van der Waals surface area (Å²) in [5, 5.41) is 13.7. The number of aromatic hydroxyl groups is 1. The molecule has 0 aliphatic carbocycles. The Morgan fingerprint density at radius 1 is 1.30 bits per heavy atom. The maximum Gasteiger partial charge on any atom is 0.280 e. The number of ether oxygens (including phenoxy) is 1. The SMILES string of the molecule is Cc1cc(Cl)ccc1O[C@H](C)C(=O)N/N=C/c1ccc(O)cc1. The largest absolute Gasteiger partial charge is 0.508 e. The van der Waals surface area contributed by atoms with Gasteiger partial charge in [-0.3, -0.25) is 4.79 Å². The van der Waals surface area contributed by atoms with E-state index in [4.69, 9.17) is 16.3 Å². The molecule has 120 valence electrons. The van der Waals surface area contributed by atoms with Gasteiger partial charge in [0.2, 0.25) is 0 Å². The van der Waals surface area contributed by atoms with Gasteiger partial charge in [-0.15, -0.1) is 0 Å². The molecule has 2 rings (SSSR count). The van der Waals surface area contributed by atoms with Crippen molar-refractivity contribution in [1.82, 2.24) is 5.43 Å². The molecule has 23 heavy (non-hydrogen) atoms. The molecule has 0 fully saturated rings. The van der Waals surface area contributed by atoms with Gasteiger partial charge in [-0.25, -0.2) is 5.43 Å². The molecule has 0 unspecified atom stereocenters. The zero-order valence-corrected chi connectivity index (χ0v) is 13.5. The highest BCUT2D eigenvalue weighted by atomic mass is 35.5. The molecule has 0 bridgehead atoms. The lowest BCUT2D eigenvalue weighted by Gasteiger charge is -2.14. The number of hydrogen-bond acceptors (Lipinski definition) is 4. The zero-order valence-electron chi connectivity index (χ0n) is 12.8. The fraction of sp³-hybridized carbons (Fsp3) is 0.176. The summed E-state index contributed by atoms with van der Waals surface area (Å²) in [6, 6.07) is 11.6. The Hall–Kier alpha value is -2.53. The van der Waals surface area contributed by atoms with Crippen LogP contribution in [-0.2, 0) is 4.79 Å². The third-order valence-electron chi connectivity index (χ3n) is 3.09. The number of nitrogens with zero attached hydrogens (tertiary/aromatic N) is 1. The van der Waals surface area contributed by atoms with E-state index in [1.165, 1.54) is 18.3 Å². The smallest absolute Gasteiger partial charge is 0.280 e. The first-order valence-corrected chi connectivity index (χ1v) is 7.38. The second-order valence-corrected chi connectivity index (χ2v) is 5.43. The van der Waals surface area contributed by atoms with Crippen LogP contribution in [-0.4, -0.2) is 23.3 Å². The normalized spacial score (nSPS) is 12.1. The average molecular weight is 333 g/mol. The fourth-order valence-corrected chi connectivity index (χ4v) is 2.04. The number of phenols is 1. The first-order chi connectivity index (χ1) is 11.0. The van der Waals surface area contributed by atoms with E-state index < -0.39 is 6.10 Å². The topological polar surface area (TPSA) is 70.9 Å². The number of carbonyl (C=O) groups excluding carboxylic acids is 1. The summed E-state index contributed by atoms with van der Waals surface area (Å²) >= 11 is 5.88. The third kappa shape index (κ3) is 5.00. The second-order valence-electron chi connectivity index (χ2n) is 5.00. The molecule has 1 atom stereocenters. The van der Waals surface area contributed by atoms with E-state index in [-0.39, 0.29) is 11.7 Å². The highest BCUT2D eigenvalue weighted by Gasteiger charge is 2.15. The maximum atomic E-state index is 12.0. The number of carbonyl (C=O) groups is 1. The van der Waals surface area contributed by atoms with Crippen molar-refractivity contribution in [2.24, 2.45) is 5.10 Å². The standard InChI is InChI=1S/C17H17ClN2O3/c1-11-9-14(18)5-8-16(11)23-12(2)17(22)20-19-10-13-3-6-15(21)7-4-13/h3-10,12,21H,1-2H3,(H,20,22)/b19-10+/t12-/m1/s1. The molecule has 0 aliphatic rings. The number of nitrogens with one attached hydrogen (secondary N) is 1. The van der Waals surface area contributed by atoms with Crippen LogP contribution in [0, 0.1) is 6.92 Å². The summed E-state index contributed by atoms with van der Waals surface area (Å²) < 4.78 is 5.60. The summed E-state index contributed by atoms with van der Waals surface area (Å²) in [5.41, 5.74) is 4.02. The second kappa shape index (κ2) is 7.65. The van der Waals surface area contributed by atoms with Crippen molar-refractivity contribution in [2.75, 3.05) is 0 Å². The minimum Gasteiger partial charge on any atom is -0.508 e. The molecule has 0 heterocycles. The number of aryl methyl sites for hydroxylation is 1. The van der Waals surface area contributed by atoms with Crippen molar-refractivity contribution < 1.29 is 14.6 Å². The van der Waals surface area contributed by atoms with Crippen molar-refractivity contribution in [3.05, 3.63) is 58.6 Å². The minimum absolute atomic E-state index is 0.173. The van der Waals surface area contributed by atoms with Gasteiger partial charge in [0.15, 0.2) is 6.10 Å². The molecule has 0 saturated heterocycles. The first-order valence-electron chi connectivity index (χ1n) is 7.00. The van der Waals surface area contributed by atoms with Crippen LogP contribution in [0.2, 0.25) is 5.02 Å². The summed E-state index contributed by atoms with van der Waals surface area (Å²) in [6.07, 6.45) is 0.782. The number of rotatable bonds is 5. The third-order valence-corrected chi connectivity index (χ3v) is 3.33. The molecule has 0 aromatic heterocycles. The van der Waals surface area contributed by atoms with E-state index in [9.17, 15) is 9.90 Å². The molecule has 0 saturated carbocycles. The monoisotopic (exact) mass is 332 g/mol. The summed E-state index contributed by atoms with van der Waals surface area (Å²) in [5.74, 6) is 0.403. The number of hydrazone groups is 1. The first kappa shape index (κ1) is 16.8. The van der Waals surface area contributed by atoms with Crippen molar-refractivity contribution in [1.29, 1.82) is 0 Å². The zero-order chi connectivity index (χ0) is 16.8. The van der Waals surface area contributed by atoms with E-state index >= 15 is 0 Å². The Morgan fingerprint density at radius 2 is 2.00 bits per heavy atom. The Labute approximate surface area is 139 Å². The summed E-state index contributed by atoms with van der Waals surface area (Å²) in [4.78, 5) is 12.0. The van der Waals surface area contributed by atoms with Crippen LogP contribution >= 0.6 is 11.6 Å². The molecule has 0 radical (unpaired) electrons.